The number of aliphatic hydroxyl groups is 2. The van der Waals surface area contributed by atoms with Crippen molar-refractivity contribution >= 4 is 0 Å². The second-order valence-corrected chi connectivity index (χ2v) is 13.5. The maximum absolute atomic E-state index is 12.3. The molecule has 0 heterocycles. The zero-order chi connectivity index (χ0) is 24.4. The normalized spacial score (nSPS) is 43.0. The molecule has 188 valence electrons. The molecule has 34 heavy (non-hydrogen) atoms. The summed E-state index contributed by atoms with van der Waals surface area (Å²) in [6, 6.07) is 0. The third-order valence-electron chi connectivity index (χ3n) is 11.5. The van der Waals surface area contributed by atoms with E-state index in [1.54, 1.807) is 14.2 Å². The molecule has 5 unspecified atom stereocenters. The molecule has 0 aliphatic heterocycles. The molecule has 1 spiro atoms. The molecule has 6 rings (SSSR count). The van der Waals surface area contributed by atoms with Crippen LogP contribution in [0, 0.1) is 29.1 Å². The smallest absolute Gasteiger partial charge is 0.165 e. The minimum atomic E-state index is -0.385. The van der Waals surface area contributed by atoms with Gasteiger partial charge in [-0.25, -0.2) is 0 Å². The van der Waals surface area contributed by atoms with Gasteiger partial charge in [-0.1, -0.05) is 41.0 Å². The molecular formula is C30H44O4. The summed E-state index contributed by atoms with van der Waals surface area (Å²) in [6.07, 6.45) is 6.45. The van der Waals surface area contributed by atoms with Crippen molar-refractivity contribution in [3.63, 3.8) is 0 Å². The monoisotopic (exact) mass is 468 g/mol. The number of hydrogen-bond donors (Lipinski definition) is 2. The zero-order valence-electron chi connectivity index (χ0n) is 22.2. The molecule has 4 nitrogen and oxygen atoms in total. The van der Waals surface area contributed by atoms with E-state index >= 15 is 0 Å². The Morgan fingerprint density at radius 1 is 1.00 bits per heavy atom. The van der Waals surface area contributed by atoms with Gasteiger partial charge in [-0.15, -0.1) is 0 Å². The van der Waals surface area contributed by atoms with E-state index in [2.05, 4.69) is 34.6 Å². The van der Waals surface area contributed by atoms with E-state index in [-0.39, 0.29) is 40.8 Å². The van der Waals surface area contributed by atoms with Crippen LogP contribution in [0.5, 0.6) is 11.5 Å². The van der Waals surface area contributed by atoms with E-state index in [9.17, 15) is 10.2 Å². The minimum Gasteiger partial charge on any atom is -0.493 e. The quantitative estimate of drug-likeness (QED) is 0.599. The molecule has 5 aliphatic carbocycles. The second-order valence-electron chi connectivity index (χ2n) is 13.5. The molecule has 4 heteroatoms. The first-order valence-electron chi connectivity index (χ1n) is 13.7. The molecule has 1 aromatic rings. The minimum absolute atomic E-state index is 0.0135. The largest absolute Gasteiger partial charge is 0.493 e. The Labute approximate surface area is 205 Å². The molecule has 2 N–H and O–H groups in total. The Bertz CT molecular complexity index is 1020. The number of benzene rings is 1. The number of aliphatic hydroxyl groups excluding tert-OH is 2. The van der Waals surface area contributed by atoms with E-state index in [0.29, 0.717) is 23.7 Å². The first-order valence-corrected chi connectivity index (χ1v) is 13.7. The summed E-state index contributed by atoms with van der Waals surface area (Å²) in [4.78, 5) is 0. The molecule has 0 amide bonds. The van der Waals surface area contributed by atoms with Crippen LogP contribution in [0.2, 0.25) is 0 Å². The highest BCUT2D eigenvalue weighted by Gasteiger charge is 2.73. The highest BCUT2D eigenvalue weighted by Crippen LogP contribution is 2.76. The van der Waals surface area contributed by atoms with Crippen molar-refractivity contribution in [2.45, 2.75) is 102 Å². The molecule has 0 bridgehead atoms. The third kappa shape index (κ3) is 2.48. The van der Waals surface area contributed by atoms with Crippen molar-refractivity contribution in [3.05, 3.63) is 22.3 Å². The fourth-order valence-corrected chi connectivity index (χ4v) is 10.4. The molecule has 0 aromatic heterocycles. The molecule has 3 fully saturated rings. The number of hydrogen-bond acceptors (Lipinski definition) is 4. The first kappa shape index (κ1) is 23.2. The van der Waals surface area contributed by atoms with Crippen LogP contribution in [0.4, 0.5) is 0 Å². The predicted molar refractivity (Wildman–Crippen MR) is 134 cm³/mol. The summed E-state index contributed by atoms with van der Waals surface area (Å²) in [5, 5.41) is 22.5. The van der Waals surface area contributed by atoms with Gasteiger partial charge >= 0.3 is 0 Å². The van der Waals surface area contributed by atoms with Crippen LogP contribution in [-0.4, -0.2) is 37.1 Å². The Morgan fingerprint density at radius 3 is 2.29 bits per heavy atom. The molecule has 3 saturated carbocycles. The topological polar surface area (TPSA) is 58.9 Å². The SMILES string of the molecule is COc1c(OC)c2c3c(c1C(C)C)[C@]1(CCC4C(CO)C41)[C@@H](O)[C@H]3CC1C(C)(C)CCCC21C. The lowest BCUT2D eigenvalue weighted by Crippen LogP contribution is -2.50. The third-order valence-corrected chi connectivity index (χ3v) is 11.5. The maximum Gasteiger partial charge on any atom is 0.165 e. The van der Waals surface area contributed by atoms with Crippen molar-refractivity contribution in [1.29, 1.82) is 0 Å². The highest BCUT2D eigenvalue weighted by atomic mass is 16.5. The van der Waals surface area contributed by atoms with E-state index in [1.165, 1.54) is 35.1 Å². The summed E-state index contributed by atoms with van der Waals surface area (Å²) in [7, 11) is 3.59. The Morgan fingerprint density at radius 2 is 1.71 bits per heavy atom. The van der Waals surface area contributed by atoms with Gasteiger partial charge < -0.3 is 19.7 Å². The van der Waals surface area contributed by atoms with Crippen molar-refractivity contribution < 1.29 is 19.7 Å². The summed E-state index contributed by atoms with van der Waals surface area (Å²) < 4.78 is 12.5. The highest BCUT2D eigenvalue weighted by molar-refractivity contribution is 5.70. The van der Waals surface area contributed by atoms with Crippen molar-refractivity contribution in [3.8, 4) is 11.5 Å². The fraction of sp³-hybridized carbons (Fsp3) is 0.800. The van der Waals surface area contributed by atoms with E-state index in [0.717, 1.165) is 37.2 Å². The van der Waals surface area contributed by atoms with Crippen LogP contribution in [-0.2, 0) is 10.8 Å². The van der Waals surface area contributed by atoms with Crippen LogP contribution in [0.3, 0.4) is 0 Å². The van der Waals surface area contributed by atoms with Gasteiger partial charge in [0.15, 0.2) is 11.5 Å². The molecule has 8 atom stereocenters. The van der Waals surface area contributed by atoms with Gasteiger partial charge in [0.05, 0.1) is 20.3 Å². The van der Waals surface area contributed by atoms with Crippen molar-refractivity contribution in [1.82, 2.24) is 0 Å². The number of ether oxygens (including phenoxy) is 2. The average molecular weight is 469 g/mol. The van der Waals surface area contributed by atoms with Gasteiger partial charge in [0, 0.05) is 29.1 Å². The summed E-state index contributed by atoms with van der Waals surface area (Å²) in [6.45, 7) is 12.1. The molecule has 1 aromatic carbocycles. The van der Waals surface area contributed by atoms with Gasteiger partial charge in [0.1, 0.15) is 0 Å². The van der Waals surface area contributed by atoms with Crippen LogP contribution >= 0.6 is 0 Å². The van der Waals surface area contributed by atoms with E-state index in [1.807, 2.05) is 0 Å². The lowest BCUT2D eigenvalue weighted by molar-refractivity contribution is -0.00330. The van der Waals surface area contributed by atoms with Crippen LogP contribution in [0.15, 0.2) is 0 Å². The van der Waals surface area contributed by atoms with Crippen LogP contribution in [0.1, 0.15) is 107 Å². The number of methoxy groups -OCH3 is 2. The summed E-state index contributed by atoms with van der Waals surface area (Å²) in [5.41, 5.74) is 5.40. The van der Waals surface area contributed by atoms with E-state index in [4.69, 9.17) is 9.47 Å². The fourth-order valence-electron chi connectivity index (χ4n) is 10.4. The average Bonchev–Trinajstić information content (AvgIpc) is 3.29. The molecule has 0 saturated heterocycles. The Kier molecular flexibility index (Phi) is 4.87. The lowest BCUT2D eigenvalue weighted by Gasteiger charge is -2.56. The van der Waals surface area contributed by atoms with Crippen molar-refractivity contribution in [2.24, 2.45) is 29.1 Å². The van der Waals surface area contributed by atoms with Gasteiger partial charge in [-0.3, -0.25) is 0 Å². The number of rotatable bonds is 4. The van der Waals surface area contributed by atoms with Gasteiger partial charge in [-0.2, -0.15) is 0 Å². The molecule has 5 aliphatic rings. The molecular weight excluding hydrogens is 424 g/mol. The summed E-state index contributed by atoms with van der Waals surface area (Å²) >= 11 is 0. The van der Waals surface area contributed by atoms with Gasteiger partial charge in [0.25, 0.3) is 0 Å². The Hall–Kier alpha value is -1.26. The second kappa shape index (κ2) is 7.16. The molecule has 0 radical (unpaired) electrons. The van der Waals surface area contributed by atoms with Crippen LogP contribution in [0.25, 0.3) is 0 Å². The zero-order valence-corrected chi connectivity index (χ0v) is 22.2. The van der Waals surface area contributed by atoms with Gasteiger partial charge in [0.2, 0.25) is 0 Å². The van der Waals surface area contributed by atoms with E-state index < -0.39 is 0 Å². The lowest BCUT2D eigenvalue weighted by atomic mass is 9.48. The Balaban J connectivity index is 1.72. The van der Waals surface area contributed by atoms with Crippen LogP contribution < -0.4 is 9.47 Å². The van der Waals surface area contributed by atoms with Gasteiger partial charge in [-0.05, 0) is 83.7 Å². The summed E-state index contributed by atoms with van der Waals surface area (Å²) in [5.74, 6) is 4.02. The standard InChI is InChI=1S/C30H44O4/c1-15(2)20-23-21-17(27(32)30(23)12-9-16-18(14-31)22(16)30)13-19-28(3,4)10-8-11-29(19,5)24(21)26(34-7)25(20)33-6/h15-19,22,27,31-32H,8-14H2,1-7H3/t16?,17-,18?,19?,22?,27-,29?,30+/m0/s1. The first-order chi connectivity index (χ1) is 16.1. The van der Waals surface area contributed by atoms with Crippen molar-refractivity contribution in [2.75, 3.05) is 20.8 Å². The predicted octanol–water partition coefficient (Wildman–Crippen LogP) is 5.66. The number of fused-ring (bicyclic) bond motifs is 5. The maximum atomic E-state index is 12.3.